The van der Waals surface area contributed by atoms with E-state index < -0.39 is 11.6 Å². The van der Waals surface area contributed by atoms with Crippen LogP contribution in [0.15, 0.2) is 30.5 Å². The molecule has 0 unspecified atom stereocenters. The van der Waals surface area contributed by atoms with Crippen molar-refractivity contribution >= 4 is 5.82 Å². The van der Waals surface area contributed by atoms with Crippen LogP contribution in [0.5, 0.6) is 5.75 Å². The molecule has 3 nitrogen and oxygen atoms in total. The van der Waals surface area contributed by atoms with Gasteiger partial charge < -0.3 is 9.64 Å². The van der Waals surface area contributed by atoms with Gasteiger partial charge in [0.1, 0.15) is 18.2 Å². The fourth-order valence-corrected chi connectivity index (χ4v) is 2.11. The number of fused-ring (bicyclic) bond motifs is 1. The molecule has 2 heterocycles. The first-order chi connectivity index (χ1) is 9.13. The molecule has 0 saturated carbocycles. The van der Waals surface area contributed by atoms with Crippen molar-refractivity contribution in [3.8, 4) is 16.9 Å². The third-order valence-electron chi connectivity index (χ3n) is 3.07. The van der Waals surface area contributed by atoms with Gasteiger partial charge in [0, 0.05) is 24.9 Å². The summed E-state index contributed by atoms with van der Waals surface area (Å²) in [5, 5.41) is 0. The predicted molar refractivity (Wildman–Crippen MR) is 68.4 cm³/mol. The number of anilines is 1. The standard InChI is InChI=1S/C14H12F2N2O/c1-18-2-3-19-13-6-10(8-17-14(13)18)9-4-11(15)7-12(16)5-9/h4-8H,2-3H2,1H3. The van der Waals surface area contributed by atoms with Crippen molar-refractivity contribution in [3.05, 3.63) is 42.1 Å². The number of benzene rings is 1. The second kappa shape index (κ2) is 4.50. The maximum atomic E-state index is 13.2. The van der Waals surface area contributed by atoms with Crippen molar-refractivity contribution in [1.82, 2.24) is 4.98 Å². The summed E-state index contributed by atoms with van der Waals surface area (Å²) in [7, 11) is 1.93. The minimum Gasteiger partial charge on any atom is -0.488 e. The summed E-state index contributed by atoms with van der Waals surface area (Å²) >= 11 is 0. The molecule has 1 aliphatic rings. The first-order valence-electron chi connectivity index (χ1n) is 5.94. The third-order valence-corrected chi connectivity index (χ3v) is 3.07. The second-order valence-electron chi connectivity index (χ2n) is 4.47. The molecule has 2 aromatic rings. The van der Waals surface area contributed by atoms with Crippen molar-refractivity contribution in [2.75, 3.05) is 25.1 Å². The molecule has 0 amide bonds. The Bertz CT molecular complexity index is 611. The van der Waals surface area contributed by atoms with Gasteiger partial charge in [0.2, 0.25) is 0 Å². The molecule has 1 aliphatic heterocycles. The number of pyridine rings is 1. The Kier molecular flexibility index (Phi) is 2.81. The fraction of sp³-hybridized carbons (Fsp3) is 0.214. The van der Waals surface area contributed by atoms with Crippen LogP contribution in [0.3, 0.4) is 0 Å². The Morgan fingerprint density at radius 3 is 2.58 bits per heavy atom. The van der Waals surface area contributed by atoms with Crippen molar-refractivity contribution in [2.24, 2.45) is 0 Å². The van der Waals surface area contributed by atoms with Crippen LogP contribution in [-0.4, -0.2) is 25.2 Å². The van der Waals surface area contributed by atoms with Gasteiger partial charge >= 0.3 is 0 Å². The highest BCUT2D eigenvalue weighted by Gasteiger charge is 2.17. The molecule has 0 radical (unpaired) electrons. The molecule has 0 spiro atoms. The maximum absolute atomic E-state index is 13.2. The van der Waals surface area contributed by atoms with Crippen LogP contribution in [0.2, 0.25) is 0 Å². The summed E-state index contributed by atoms with van der Waals surface area (Å²) < 4.78 is 32.0. The van der Waals surface area contributed by atoms with E-state index in [1.165, 1.54) is 12.1 Å². The minimum absolute atomic E-state index is 0.449. The molecule has 1 aromatic heterocycles. The van der Waals surface area contributed by atoms with Crippen LogP contribution in [0.4, 0.5) is 14.6 Å². The average Bonchev–Trinajstić information content (AvgIpc) is 2.37. The summed E-state index contributed by atoms with van der Waals surface area (Å²) in [6.45, 7) is 1.35. The lowest BCUT2D eigenvalue weighted by Crippen LogP contribution is -2.29. The van der Waals surface area contributed by atoms with E-state index in [2.05, 4.69) is 4.98 Å². The van der Waals surface area contributed by atoms with Crippen LogP contribution in [0, 0.1) is 11.6 Å². The number of hydrogen-bond donors (Lipinski definition) is 0. The van der Waals surface area contributed by atoms with E-state index in [1.54, 1.807) is 12.3 Å². The highest BCUT2D eigenvalue weighted by atomic mass is 19.1. The first-order valence-corrected chi connectivity index (χ1v) is 5.94. The molecule has 0 saturated heterocycles. The van der Waals surface area contributed by atoms with E-state index in [4.69, 9.17) is 4.74 Å². The summed E-state index contributed by atoms with van der Waals surface area (Å²) in [6.07, 6.45) is 1.60. The van der Waals surface area contributed by atoms with Crippen LogP contribution >= 0.6 is 0 Å². The van der Waals surface area contributed by atoms with Crippen LogP contribution < -0.4 is 9.64 Å². The van der Waals surface area contributed by atoms with E-state index in [9.17, 15) is 8.78 Å². The zero-order valence-electron chi connectivity index (χ0n) is 10.4. The highest BCUT2D eigenvalue weighted by molar-refractivity contribution is 5.68. The first kappa shape index (κ1) is 11.9. The number of aromatic nitrogens is 1. The molecular weight excluding hydrogens is 250 g/mol. The average molecular weight is 262 g/mol. The number of halogens is 2. The summed E-state index contributed by atoms with van der Waals surface area (Å²) in [5.41, 5.74) is 1.08. The Morgan fingerprint density at radius 1 is 1.11 bits per heavy atom. The largest absolute Gasteiger partial charge is 0.488 e. The van der Waals surface area contributed by atoms with E-state index in [1.807, 2.05) is 11.9 Å². The number of ether oxygens (including phenoxy) is 1. The van der Waals surface area contributed by atoms with Gasteiger partial charge in [0.25, 0.3) is 0 Å². The predicted octanol–water partition coefficient (Wildman–Crippen LogP) is 2.86. The van der Waals surface area contributed by atoms with Gasteiger partial charge in [-0.3, -0.25) is 0 Å². The van der Waals surface area contributed by atoms with Gasteiger partial charge in [-0.15, -0.1) is 0 Å². The van der Waals surface area contributed by atoms with E-state index in [0.29, 0.717) is 23.5 Å². The maximum Gasteiger partial charge on any atom is 0.171 e. The molecule has 1 aromatic carbocycles. The molecule has 19 heavy (non-hydrogen) atoms. The summed E-state index contributed by atoms with van der Waals surface area (Å²) in [5.74, 6) is 0.166. The van der Waals surface area contributed by atoms with Crippen molar-refractivity contribution < 1.29 is 13.5 Å². The van der Waals surface area contributed by atoms with Crippen LogP contribution in [-0.2, 0) is 0 Å². The quantitative estimate of drug-likeness (QED) is 0.790. The minimum atomic E-state index is -0.606. The van der Waals surface area contributed by atoms with Gasteiger partial charge in [0.15, 0.2) is 11.6 Å². The lowest BCUT2D eigenvalue weighted by Gasteiger charge is -2.26. The molecule has 3 rings (SSSR count). The summed E-state index contributed by atoms with van der Waals surface area (Å²) in [6, 6.07) is 5.16. The molecule has 0 atom stereocenters. The van der Waals surface area contributed by atoms with Crippen molar-refractivity contribution in [1.29, 1.82) is 0 Å². The highest BCUT2D eigenvalue weighted by Crippen LogP contribution is 2.32. The topological polar surface area (TPSA) is 25.4 Å². The van der Waals surface area contributed by atoms with Crippen molar-refractivity contribution in [2.45, 2.75) is 0 Å². The molecule has 0 N–H and O–H groups in total. The monoisotopic (exact) mass is 262 g/mol. The smallest absolute Gasteiger partial charge is 0.171 e. The zero-order chi connectivity index (χ0) is 13.4. The third kappa shape index (κ3) is 2.23. The van der Waals surface area contributed by atoms with Gasteiger partial charge in [-0.2, -0.15) is 0 Å². The van der Waals surface area contributed by atoms with Gasteiger partial charge in [0.05, 0.1) is 6.54 Å². The van der Waals surface area contributed by atoms with Gasteiger partial charge in [-0.05, 0) is 23.8 Å². The number of nitrogens with zero attached hydrogens (tertiary/aromatic N) is 2. The molecule has 0 aliphatic carbocycles. The van der Waals surface area contributed by atoms with E-state index in [-0.39, 0.29) is 0 Å². The Hall–Kier alpha value is -2.17. The molecule has 98 valence electrons. The van der Waals surface area contributed by atoms with Crippen LogP contribution in [0.25, 0.3) is 11.1 Å². The SMILES string of the molecule is CN1CCOc2cc(-c3cc(F)cc(F)c3)cnc21. The summed E-state index contributed by atoms with van der Waals surface area (Å²) in [4.78, 5) is 6.27. The van der Waals surface area contributed by atoms with E-state index in [0.717, 1.165) is 18.4 Å². The molecule has 0 bridgehead atoms. The normalized spacial score (nSPS) is 13.9. The molecule has 0 fully saturated rings. The number of likely N-dealkylation sites (N-methyl/N-ethyl adjacent to an activating group) is 1. The molecular formula is C14H12F2N2O. The molecule has 5 heteroatoms. The van der Waals surface area contributed by atoms with E-state index >= 15 is 0 Å². The number of hydrogen-bond acceptors (Lipinski definition) is 3. The fourth-order valence-electron chi connectivity index (χ4n) is 2.11. The number of rotatable bonds is 1. The lowest BCUT2D eigenvalue weighted by molar-refractivity contribution is 0.309. The second-order valence-corrected chi connectivity index (χ2v) is 4.47. The zero-order valence-corrected chi connectivity index (χ0v) is 10.4. The Balaban J connectivity index is 2.06. The van der Waals surface area contributed by atoms with Gasteiger partial charge in [-0.1, -0.05) is 0 Å². The van der Waals surface area contributed by atoms with Gasteiger partial charge in [-0.25, -0.2) is 13.8 Å². The Morgan fingerprint density at radius 2 is 1.84 bits per heavy atom. The Labute approximate surface area is 109 Å². The van der Waals surface area contributed by atoms with Crippen molar-refractivity contribution in [3.63, 3.8) is 0 Å². The van der Waals surface area contributed by atoms with Crippen LogP contribution in [0.1, 0.15) is 0 Å². The lowest BCUT2D eigenvalue weighted by atomic mass is 10.1.